The van der Waals surface area contributed by atoms with Gasteiger partial charge < -0.3 is 14.8 Å². The lowest BCUT2D eigenvalue weighted by atomic mass is 9.87. The van der Waals surface area contributed by atoms with Crippen molar-refractivity contribution in [2.45, 2.75) is 45.4 Å². The van der Waals surface area contributed by atoms with Gasteiger partial charge in [-0.3, -0.25) is 4.79 Å². The molecular formula is C24H29F2NO3. The van der Waals surface area contributed by atoms with Crippen LogP contribution in [-0.2, 0) is 16.6 Å². The van der Waals surface area contributed by atoms with Gasteiger partial charge in [0.25, 0.3) is 0 Å². The molecule has 6 heteroatoms. The predicted octanol–water partition coefficient (Wildman–Crippen LogP) is 4.79. The Bertz CT molecular complexity index is 929. The predicted molar refractivity (Wildman–Crippen MR) is 112 cm³/mol. The molecule has 1 saturated carbocycles. The Morgan fingerprint density at radius 3 is 2.47 bits per heavy atom. The first kappa shape index (κ1) is 22.1. The molecule has 162 valence electrons. The molecule has 0 aromatic heterocycles. The summed E-state index contributed by atoms with van der Waals surface area (Å²) in [4.78, 5) is 12.5. The molecule has 0 spiro atoms. The van der Waals surface area contributed by atoms with E-state index in [2.05, 4.69) is 5.32 Å². The number of amides is 1. The second-order valence-electron chi connectivity index (χ2n) is 8.46. The summed E-state index contributed by atoms with van der Waals surface area (Å²) >= 11 is 0. The van der Waals surface area contributed by atoms with Crippen molar-refractivity contribution in [2.24, 2.45) is 5.41 Å². The second kappa shape index (κ2) is 8.62. The van der Waals surface area contributed by atoms with Crippen LogP contribution in [0.25, 0.3) is 0 Å². The minimum absolute atomic E-state index is 0.104. The summed E-state index contributed by atoms with van der Waals surface area (Å²) in [5, 5.41) is 2.96. The molecular weight excluding hydrogens is 388 g/mol. The summed E-state index contributed by atoms with van der Waals surface area (Å²) in [5.74, 6) is 0.0519. The molecule has 1 aliphatic carbocycles. The zero-order valence-corrected chi connectivity index (χ0v) is 18.0. The molecule has 30 heavy (non-hydrogen) atoms. The van der Waals surface area contributed by atoms with Crippen molar-refractivity contribution >= 4 is 5.91 Å². The molecule has 0 bridgehead atoms. The first-order chi connectivity index (χ1) is 14.2. The van der Waals surface area contributed by atoms with Gasteiger partial charge in [0, 0.05) is 24.4 Å². The minimum Gasteiger partial charge on any atom is -0.493 e. The second-order valence-corrected chi connectivity index (χ2v) is 8.46. The van der Waals surface area contributed by atoms with Crippen LogP contribution >= 0.6 is 0 Å². The van der Waals surface area contributed by atoms with Gasteiger partial charge in [0.05, 0.1) is 13.7 Å². The fourth-order valence-corrected chi connectivity index (χ4v) is 4.18. The van der Waals surface area contributed by atoms with E-state index in [1.165, 1.54) is 12.1 Å². The van der Waals surface area contributed by atoms with E-state index in [-0.39, 0.29) is 11.3 Å². The third kappa shape index (κ3) is 4.42. The largest absolute Gasteiger partial charge is 0.493 e. The normalized spacial score (nSPS) is 19.3. The quantitative estimate of drug-likeness (QED) is 0.638. The molecule has 4 nitrogen and oxygen atoms in total. The van der Waals surface area contributed by atoms with Gasteiger partial charge >= 0.3 is 0 Å². The summed E-state index contributed by atoms with van der Waals surface area (Å²) in [6, 6.07) is 9.31. The highest BCUT2D eigenvalue weighted by Crippen LogP contribution is 2.64. The van der Waals surface area contributed by atoms with Gasteiger partial charge in [-0.05, 0) is 54.5 Å². The molecule has 0 radical (unpaired) electrons. The number of carbonyl (C=O) groups excluding carboxylic acids is 1. The zero-order valence-electron chi connectivity index (χ0n) is 18.0. The zero-order chi connectivity index (χ0) is 21.9. The fraction of sp³-hybridized carbons (Fsp3) is 0.458. The summed E-state index contributed by atoms with van der Waals surface area (Å²) in [5.41, 5.74) is 0.756. The van der Waals surface area contributed by atoms with Gasteiger partial charge in [-0.15, -0.1) is 0 Å². The topological polar surface area (TPSA) is 47.6 Å². The Labute approximate surface area is 176 Å². The van der Waals surface area contributed by atoms with Crippen molar-refractivity contribution < 1.29 is 23.0 Å². The van der Waals surface area contributed by atoms with Crippen molar-refractivity contribution in [1.29, 1.82) is 0 Å². The maximum Gasteiger partial charge on any atom is 0.220 e. The van der Waals surface area contributed by atoms with E-state index in [1.807, 2.05) is 39.0 Å². The number of hydrogen-bond acceptors (Lipinski definition) is 3. The number of methoxy groups -OCH3 is 1. The third-order valence-corrected chi connectivity index (χ3v) is 6.12. The lowest BCUT2D eigenvalue weighted by Gasteiger charge is -2.22. The highest BCUT2D eigenvalue weighted by molar-refractivity contribution is 5.76. The van der Waals surface area contributed by atoms with E-state index in [9.17, 15) is 13.6 Å². The van der Waals surface area contributed by atoms with Crippen LogP contribution < -0.4 is 14.8 Å². The number of nitrogens with one attached hydrogen (secondary N) is 1. The molecule has 1 fully saturated rings. The van der Waals surface area contributed by atoms with Crippen LogP contribution in [0.2, 0.25) is 0 Å². The average Bonchev–Trinajstić information content (AvgIpc) is 3.27. The molecule has 1 atom stereocenters. The van der Waals surface area contributed by atoms with E-state index in [0.717, 1.165) is 18.1 Å². The molecule has 1 unspecified atom stereocenters. The van der Waals surface area contributed by atoms with E-state index in [0.29, 0.717) is 43.1 Å². The van der Waals surface area contributed by atoms with E-state index in [4.69, 9.17) is 9.47 Å². The SMILES string of the molecule is CCOc1ccc(CCC(=O)NCC2(c3ccc(F)cc3F)CC2(C)C)cc1OC. The van der Waals surface area contributed by atoms with Crippen molar-refractivity contribution in [3.8, 4) is 11.5 Å². The highest BCUT2D eigenvalue weighted by Gasteiger charge is 2.62. The summed E-state index contributed by atoms with van der Waals surface area (Å²) < 4.78 is 38.6. The lowest BCUT2D eigenvalue weighted by Crippen LogP contribution is -2.35. The molecule has 0 aliphatic heterocycles. The van der Waals surface area contributed by atoms with Crippen molar-refractivity contribution in [3.05, 3.63) is 59.2 Å². The molecule has 0 heterocycles. The standard InChI is InChI=1S/C24H29F2NO3/c1-5-30-20-10-6-16(12-21(20)29-4)7-11-22(28)27-15-24(14-23(24,2)3)18-9-8-17(25)13-19(18)26/h6,8-10,12-13H,5,7,11,14-15H2,1-4H3,(H,27,28). The van der Waals surface area contributed by atoms with E-state index < -0.39 is 17.0 Å². The van der Waals surface area contributed by atoms with Crippen LogP contribution in [0.3, 0.4) is 0 Å². The third-order valence-electron chi connectivity index (χ3n) is 6.12. The van der Waals surface area contributed by atoms with Crippen LogP contribution in [0.1, 0.15) is 44.7 Å². The summed E-state index contributed by atoms with van der Waals surface area (Å²) in [6.45, 7) is 6.85. The smallest absolute Gasteiger partial charge is 0.220 e. The van der Waals surface area contributed by atoms with Crippen LogP contribution in [0.5, 0.6) is 11.5 Å². The van der Waals surface area contributed by atoms with Gasteiger partial charge in [0.1, 0.15) is 11.6 Å². The number of hydrogen-bond donors (Lipinski definition) is 1. The van der Waals surface area contributed by atoms with Crippen LogP contribution in [0.15, 0.2) is 36.4 Å². The van der Waals surface area contributed by atoms with Crippen molar-refractivity contribution in [1.82, 2.24) is 5.32 Å². The Morgan fingerprint density at radius 2 is 1.87 bits per heavy atom. The van der Waals surface area contributed by atoms with Gasteiger partial charge in [-0.2, -0.15) is 0 Å². The number of rotatable bonds is 9. The highest BCUT2D eigenvalue weighted by atomic mass is 19.1. The Balaban J connectivity index is 1.61. The number of aryl methyl sites for hydroxylation is 1. The van der Waals surface area contributed by atoms with Crippen molar-refractivity contribution in [3.63, 3.8) is 0 Å². The first-order valence-electron chi connectivity index (χ1n) is 10.2. The lowest BCUT2D eigenvalue weighted by molar-refractivity contribution is -0.121. The summed E-state index contributed by atoms with van der Waals surface area (Å²) in [6.07, 6.45) is 1.59. The van der Waals surface area contributed by atoms with Crippen LogP contribution in [-0.4, -0.2) is 26.2 Å². The molecule has 2 aromatic carbocycles. The van der Waals surface area contributed by atoms with Crippen LogP contribution in [0.4, 0.5) is 8.78 Å². The number of benzene rings is 2. The molecule has 1 amide bonds. The van der Waals surface area contributed by atoms with E-state index >= 15 is 0 Å². The number of carbonyl (C=O) groups is 1. The van der Waals surface area contributed by atoms with Crippen molar-refractivity contribution in [2.75, 3.05) is 20.3 Å². The fourth-order valence-electron chi connectivity index (χ4n) is 4.18. The van der Waals surface area contributed by atoms with E-state index in [1.54, 1.807) is 7.11 Å². The Kier molecular flexibility index (Phi) is 6.34. The maximum atomic E-state index is 14.4. The Morgan fingerprint density at radius 1 is 1.13 bits per heavy atom. The monoisotopic (exact) mass is 417 g/mol. The molecule has 0 saturated heterocycles. The van der Waals surface area contributed by atoms with Gasteiger partial charge in [-0.25, -0.2) is 8.78 Å². The molecule has 1 aliphatic rings. The van der Waals surface area contributed by atoms with Gasteiger partial charge in [0.15, 0.2) is 11.5 Å². The average molecular weight is 417 g/mol. The molecule has 1 N–H and O–H groups in total. The van der Waals surface area contributed by atoms with Gasteiger partial charge in [0.2, 0.25) is 5.91 Å². The number of ether oxygens (including phenoxy) is 2. The molecule has 2 aromatic rings. The maximum absolute atomic E-state index is 14.4. The first-order valence-corrected chi connectivity index (χ1v) is 10.2. The minimum atomic E-state index is -0.598. The van der Waals surface area contributed by atoms with Crippen LogP contribution in [0, 0.1) is 17.0 Å². The summed E-state index contributed by atoms with van der Waals surface area (Å²) in [7, 11) is 1.58. The van der Waals surface area contributed by atoms with Gasteiger partial charge in [-0.1, -0.05) is 26.0 Å². The number of halogens is 2. The Hall–Kier alpha value is -2.63. The molecule has 3 rings (SSSR count).